The number of benzene rings is 1. The Hall–Kier alpha value is -2.55. The van der Waals surface area contributed by atoms with Crippen LogP contribution >= 0.6 is 0 Å². The first kappa shape index (κ1) is 25.1. The number of rotatable bonds is 7. The highest BCUT2D eigenvalue weighted by Crippen LogP contribution is 2.41. The normalized spacial score (nSPS) is 21.9. The Labute approximate surface area is 213 Å². The highest BCUT2D eigenvalue weighted by Gasteiger charge is 2.39. The number of nitrogens with zero attached hydrogens (tertiary/aromatic N) is 4. The van der Waals surface area contributed by atoms with Crippen LogP contribution in [0, 0.1) is 5.92 Å². The van der Waals surface area contributed by atoms with E-state index in [0.29, 0.717) is 12.5 Å². The molecule has 0 unspecified atom stereocenters. The molecule has 1 N–H and O–H groups in total. The van der Waals surface area contributed by atoms with E-state index in [-0.39, 0.29) is 18.4 Å². The van der Waals surface area contributed by atoms with Crippen molar-refractivity contribution in [2.45, 2.75) is 64.1 Å². The van der Waals surface area contributed by atoms with E-state index in [4.69, 9.17) is 19.4 Å². The number of ether oxygens (including phenoxy) is 2. The third-order valence-electron chi connectivity index (χ3n) is 7.72. The maximum absolute atomic E-state index is 15.0. The van der Waals surface area contributed by atoms with Gasteiger partial charge in [0.2, 0.25) is 5.95 Å². The molecule has 1 aromatic carbocycles. The highest BCUT2D eigenvalue weighted by atomic mass is 19.1. The minimum Gasteiger partial charge on any atom is -0.357 e. The number of hydrogen-bond donors (Lipinski definition) is 1. The topological polar surface area (TPSA) is 66.5 Å². The first-order valence-electron chi connectivity index (χ1n) is 13.0. The van der Waals surface area contributed by atoms with Crippen LogP contribution in [0.4, 0.5) is 10.3 Å². The summed E-state index contributed by atoms with van der Waals surface area (Å²) < 4.78 is 25.9. The fourth-order valence-electron chi connectivity index (χ4n) is 6.04. The van der Waals surface area contributed by atoms with Gasteiger partial charge in [-0.15, -0.1) is 0 Å². The molecule has 7 nitrogen and oxygen atoms in total. The Kier molecular flexibility index (Phi) is 7.03. The summed E-state index contributed by atoms with van der Waals surface area (Å²) in [6.45, 7) is 7.56. The molecule has 194 valence electrons. The summed E-state index contributed by atoms with van der Waals surface area (Å²) in [4.78, 5) is 17.7. The Morgan fingerprint density at radius 3 is 2.42 bits per heavy atom. The molecule has 1 saturated heterocycles. The minimum atomic E-state index is -1.32. The zero-order valence-electron chi connectivity index (χ0n) is 22.0. The largest absolute Gasteiger partial charge is 0.357 e. The summed E-state index contributed by atoms with van der Waals surface area (Å²) >= 11 is 0. The van der Waals surface area contributed by atoms with Gasteiger partial charge in [-0.1, -0.05) is 18.2 Å². The summed E-state index contributed by atoms with van der Waals surface area (Å²) in [6, 6.07) is 8.47. The second-order valence-electron chi connectivity index (χ2n) is 10.9. The maximum atomic E-state index is 15.0. The Morgan fingerprint density at radius 2 is 1.78 bits per heavy atom. The van der Waals surface area contributed by atoms with E-state index >= 15 is 0 Å². The fourth-order valence-corrected chi connectivity index (χ4v) is 6.04. The van der Waals surface area contributed by atoms with Crippen molar-refractivity contribution in [1.82, 2.24) is 19.9 Å². The molecule has 4 heterocycles. The second-order valence-corrected chi connectivity index (χ2v) is 10.9. The van der Waals surface area contributed by atoms with Crippen molar-refractivity contribution in [3.63, 3.8) is 0 Å². The van der Waals surface area contributed by atoms with Crippen LogP contribution in [-0.2, 0) is 15.9 Å². The summed E-state index contributed by atoms with van der Waals surface area (Å²) in [6.07, 6.45) is 6.50. The van der Waals surface area contributed by atoms with Gasteiger partial charge in [0.1, 0.15) is 5.67 Å². The van der Waals surface area contributed by atoms with Crippen LogP contribution in [0.15, 0.2) is 36.7 Å². The molecule has 2 aliphatic rings. The van der Waals surface area contributed by atoms with Crippen LogP contribution in [0.5, 0.6) is 0 Å². The average Bonchev–Trinajstić information content (AvgIpc) is 3.23. The van der Waals surface area contributed by atoms with Crippen molar-refractivity contribution in [2.75, 3.05) is 38.8 Å². The first-order valence-corrected chi connectivity index (χ1v) is 13.0. The zero-order chi connectivity index (χ0) is 25.4. The Morgan fingerprint density at radius 1 is 1.11 bits per heavy atom. The zero-order valence-corrected chi connectivity index (χ0v) is 22.0. The molecular formula is C28H38FN5O2. The number of halogens is 1. The van der Waals surface area contributed by atoms with Crippen molar-refractivity contribution in [3.8, 4) is 0 Å². The number of nitrogens with one attached hydrogen (secondary N) is 1. The Balaban J connectivity index is 1.43. The van der Waals surface area contributed by atoms with Crippen molar-refractivity contribution in [2.24, 2.45) is 5.92 Å². The third-order valence-corrected chi connectivity index (χ3v) is 7.72. The van der Waals surface area contributed by atoms with E-state index in [2.05, 4.69) is 39.9 Å². The Bertz CT molecular complexity index is 1160. The molecule has 1 fully saturated rings. The number of fused-ring (bicyclic) bond motifs is 3. The molecular weight excluding hydrogens is 457 g/mol. The van der Waals surface area contributed by atoms with E-state index < -0.39 is 5.67 Å². The number of hydrogen-bond acceptors (Lipinski definition) is 6. The monoisotopic (exact) mass is 495 g/mol. The van der Waals surface area contributed by atoms with E-state index in [9.17, 15) is 4.39 Å². The molecule has 3 aromatic rings. The summed E-state index contributed by atoms with van der Waals surface area (Å²) in [5, 5.41) is 1.24. The minimum absolute atomic E-state index is 0.130. The predicted octanol–water partition coefficient (Wildman–Crippen LogP) is 4.88. The maximum Gasteiger partial charge on any atom is 0.225 e. The lowest BCUT2D eigenvalue weighted by Crippen LogP contribution is -2.47. The van der Waals surface area contributed by atoms with Gasteiger partial charge in [-0.05, 0) is 51.7 Å². The van der Waals surface area contributed by atoms with Crippen molar-refractivity contribution >= 4 is 16.9 Å². The lowest BCUT2D eigenvalue weighted by Gasteiger charge is -2.42. The molecule has 2 aliphatic heterocycles. The van der Waals surface area contributed by atoms with Gasteiger partial charge in [-0.3, -0.25) is 4.90 Å². The van der Waals surface area contributed by atoms with E-state index in [1.807, 2.05) is 18.5 Å². The van der Waals surface area contributed by atoms with Crippen molar-refractivity contribution in [1.29, 1.82) is 0 Å². The number of piperidine rings is 1. The molecule has 0 saturated carbocycles. The molecule has 0 spiro atoms. The fraction of sp³-hybridized carbons (Fsp3) is 0.571. The molecule has 8 heteroatoms. The lowest BCUT2D eigenvalue weighted by molar-refractivity contribution is -0.141. The smallest absolute Gasteiger partial charge is 0.225 e. The van der Waals surface area contributed by atoms with Crippen LogP contribution in [0.25, 0.3) is 10.9 Å². The van der Waals surface area contributed by atoms with Gasteiger partial charge < -0.3 is 19.4 Å². The quantitative estimate of drug-likeness (QED) is 0.472. The number of para-hydroxylation sites is 1. The number of methoxy groups -OCH3 is 2. The van der Waals surface area contributed by atoms with Crippen LogP contribution in [0.2, 0.25) is 0 Å². The molecule has 0 amide bonds. The van der Waals surface area contributed by atoms with Gasteiger partial charge in [0.25, 0.3) is 0 Å². The molecule has 2 aromatic heterocycles. The number of alkyl halides is 1. The van der Waals surface area contributed by atoms with Crippen molar-refractivity contribution in [3.05, 3.63) is 53.5 Å². The molecule has 2 atom stereocenters. The van der Waals surface area contributed by atoms with Gasteiger partial charge in [0.05, 0.1) is 6.04 Å². The standard InChI is InChI=1S/C28H38FN5O2/c1-18-14-22-21-8-6-7-9-23(21)32-24(22)25(34(18)17-28(2,3)29)20-15-30-27(31-16-20)33-12-10-19(11-13-33)26(35-4)36-5/h6-9,15-16,18-19,25-26,32H,10-14,17H2,1-5H3/t18-,25-/m1/s1. The summed E-state index contributed by atoms with van der Waals surface area (Å²) in [5.41, 5.74) is 3.22. The number of H-pyrrole nitrogens is 1. The van der Waals surface area contributed by atoms with Crippen LogP contribution in [0.3, 0.4) is 0 Å². The first-order chi connectivity index (χ1) is 17.3. The molecule has 0 aliphatic carbocycles. The predicted molar refractivity (Wildman–Crippen MR) is 140 cm³/mol. The number of aromatic amines is 1. The average molecular weight is 496 g/mol. The van der Waals surface area contributed by atoms with Gasteiger partial charge in [-0.2, -0.15) is 0 Å². The molecule has 5 rings (SSSR count). The lowest BCUT2D eigenvalue weighted by atomic mass is 9.88. The summed E-state index contributed by atoms with van der Waals surface area (Å²) in [7, 11) is 3.39. The number of anilines is 1. The second kappa shape index (κ2) is 10.1. The van der Waals surface area contributed by atoms with Gasteiger partial charge in [0, 0.05) is 80.4 Å². The van der Waals surface area contributed by atoms with Gasteiger partial charge >= 0.3 is 0 Å². The SMILES string of the molecule is COC(OC)C1CCN(c2ncc([C@@H]3c4[nH]c5ccccc5c4C[C@@H](C)N3CC(C)(C)F)cn2)CC1. The van der Waals surface area contributed by atoms with E-state index in [1.165, 1.54) is 10.9 Å². The van der Waals surface area contributed by atoms with Crippen LogP contribution in [-0.4, -0.2) is 71.7 Å². The summed E-state index contributed by atoms with van der Waals surface area (Å²) in [5.74, 6) is 1.11. The van der Waals surface area contributed by atoms with Crippen LogP contribution < -0.4 is 4.90 Å². The van der Waals surface area contributed by atoms with E-state index in [1.54, 1.807) is 28.1 Å². The van der Waals surface area contributed by atoms with Gasteiger partial charge in [-0.25, -0.2) is 14.4 Å². The highest BCUT2D eigenvalue weighted by molar-refractivity contribution is 5.85. The van der Waals surface area contributed by atoms with Gasteiger partial charge in [0.15, 0.2) is 6.29 Å². The molecule has 0 bridgehead atoms. The van der Waals surface area contributed by atoms with Crippen molar-refractivity contribution < 1.29 is 13.9 Å². The van der Waals surface area contributed by atoms with E-state index in [0.717, 1.165) is 55.1 Å². The van der Waals surface area contributed by atoms with Crippen LogP contribution in [0.1, 0.15) is 56.5 Å². The molecule has 0 radical (unpaired) electrons. The number of aromatic nitrogens is 3. The third kappa shape index (κ3) is 4.86. The molecule has 36 heavy (non-hydrogen) atoms.